The van der Waals surface area contributed by atoms with Crippen LogP contribution in [0.2, 0.25) is 0 Å². The average Bonchev–Trinajstić information content (AvgIpc) is 3.75. The third-order valence-electron chi connectivity index (χ3n) is 9.95. The SMILES string of the molecule is O=C(CN1CCCC1)Nc1ccc(NC(=O)Nc2ccc(-c3nc(N4C5CCC4COC5)nc(N4C5CCC4COC5)n3)cc2)cc1. The summed E-state index contributed by atoms with van der Waals surface area (Å²) >= 11 is 0. The number of anilines is 5. The fraction of sp³-hybridized carbons (Fsp3) is 0.500. The Morgan fingerprint density at radius 1 is 0.638 bits per heavy atom. The topological polar surface area (TPSA) is 137 Å². The Labute approximate surface area is 274 Å². The van der Waals surface area contributed by atoms with Crippen molar-refractivity contribution >= 4 is 40.9 Å². The number of benzene rings is 2. The van der Waals surface area contributed by atoms with Gasteiger partial charge >= 0.3 is 6.03 Å². The van der Waals surface area contributed by atoms with Crippen molar-refractivity contribution in [1.29, 1.82) is 0 Å². The summed E-state index contributed by atoms with van der Waals surface area (Å²) in [5.41, 5.74) is 2.81. The van der Waals surface area contributed by atoms with Crippen LogP contribution in [0.1, 0.15) is 38.5 Å². The minimum absolute atomic E-state index is 0.0279. The third-order valence-corrected chi connectivity index (χ3v) is 9.95. The van der Waals surface area contributed by atoms with E-state index in [-0.39, 0.29) is 36.1 Å². The summed E-state index contributed by atoms with van der Waals surface area (Å²) in [6.45, 7) is 5.11. The molecular weight excluding hydrogens is 598 g/mol. The Morgan fingerprint density at radius 3 is 1.57 bits per heavy atom. The molecule has 2 aromatic carbocycles. The third kappa shape index (κ3) is 6.47. The lowest BCUT2D eigenvalue weighted by atomic mass is 10.2. The molecule has 1 aromatic heterocycles. The van der Waals surface area contributed by atoms with Gasteiger partial charge in [0.15, 0.2) is 5.82 Å². The first kappa shape index (κ1) is 30.0. The van der Waals surface area contributed by atoms with E-state index in [1.165, 1.54) is 0 Å². The maximum absolute atomic E-state index is 12.8. The van der Waals surface area contributed by atoms with E-state index in [2.05, 4.69) is 30.7 Å². The Morgan fingerprint density at radius 2 is 1.09 bits per heavy atom. The molecule has 0 radical (unpaired) electrons. The van der Waals surface area contributed by atoms with Gasteiger partial charge in [-0.05, 0) is 100 Å². The molecule has 13 nitrogen and oxygen atoms in total. The number of aromatic nitrogens is 3. The molecule has 4 atom stereocenters. The van der Waals surface area contributed by atoms with Gasteiger partial charge < -0.3 is 35.2 Å². The zero-order chi connectivity index (χ0) is 31.7. The fourth-order valence-electron chi connectivity index (χ4n) is 7.60. The normalized spacial score (nSPS) is 25.2. The molecular formula is C34H41N9O4. The Hall–Kier alpha value is -4.33. The molecule has 3 N–H and O–H groups in total. The van der Waals surface area contributed by atoms with Crippen LogP contribution in [0.3, 0.4) is 0 Å². The molecule has 0 saturated carbocycles. The first-order chi connectivity index (χ1) is 23.1. The van der Waals surface area contributed by atoms with E-state index in [0.717, 1.165) is 57.2 Å². The largest absolute Gasteiger partial charge is 0.377 e. The van der Waals surface area contributed by atoms with E-state index in [1.807, 2.05) is 24.3 Å². The van der Waals surface area contributed by atoms with Crippen molar-refractivity contribution in [3.8, 4) is 11.4 Å². The molecule has 0 aliphatic carbocycles. The van der Waals surface area contributed by atoms with Crippen molar-refractivity contribution in [1.82, 2.24) is 19.9 Å². The second kappa shape index (κ2) is 13.1. The second-order valence-corrected chi connectivity index (χ2v) is 13.2. The quantitative estimate of drug-likeness (QED) is 0.332. The number of nitrogens with zero attached hydrogens (tertiary/aromatic N) is 6. The number of carbonyl (C=O) groups excluding carboxylic acids is 2. The van der Waals surface area contributed by atoms with E-state index in [4.69, 9.17) is 24.4 Å². The van der Waals surface area contributed by atoms with Crippen LogP contribution in [0.5, 0.6) is 0 Å². The van der Waals surface area contributed by atoms with Crippen LogP contribution in [0, 0.1) is 0 Å². The average molecular weight is 640 g/mol. The Balaban J connectivity index is 0.943. The summed E-state index contributed by atoms with van der Waals surface area (Å²) in [5.74, 6) is 2.01. The first-order valence-corrected chi connectivity index (χ1v) is 16.8. The van der Waals surface area contributed by atoms with Crippen molar-refractivity contribution in [3.05, 3.63) is 48.5 Å². The number of nitrogens with one attached hydrogen (secondary N) is 3. The van der Waals surface area contributed by atoms with Gasteiger partial charge in [-0.3, -0.25) is 9.69 Å². The zero-order valence-corrected chi connectivity index (χ0v) is 26.4. The number of carbonyl (C=O) groups is 2. The summed E-state index contributed by atoms with van der Waals surface area (Å²) in [6, 6.07) is 15.4. The van der Waals surface area contributed by atoms with Gasteiger partial charge in [-0.25, -0.2) is 4.79 Å². The highest BCUT2D eigenvalue weighted by molar-refractivity contribution is 6.00. The number of morpholine rings is 2. The molecule has 5 aliphatic rings. The van der Waals surface area contributed by atoms with Crippen molar-refractivity contribution in [2.45, 2.75) is 62.7 Å². The van der Waals surface area contributed by atoms with E-state index >= 15 is 0 Å². The Kier molecular flexibility index (Phi) is 8.34. The molecule has 8 rings (SSSR count). The maximum atomic E-state index is 12.8. The van der Waals surface area contributed by atoms with E-state index in [1.54, 1.807) is 24.3 Å². The number of rotatable bonds is 8. The number of ether oxygens (including phenoxy) is 2. The minimum atomic E-state index is -0.362. The molecule has 0 spiro atoms. The maximum Gasteiger partial charge on any atom is 0.323 e. The van der Waals surface area contributed by atoms with Crippen molar-refractivity contribution < 1.29 is 19.1 Å². The highest BCUT2D eigenvalue weighted by Gasteiger charge is 2.42. The minimum Gasteiger partial charge on any atom is -0.377 e. The van der Waals surface area contributed by atoms with Gasteiger partial charge in [0, 0.05) is 22.6 Å². The van der Waals surface area contributed by atoms with Crippen LogP contribution >= 0.6 is 0 Å². The van der Waals surface area contributed by atoms with Gasteiger partial charge in [0.05, 0.1) is 57.1 Å². The molecule has 4 bridgehead atoms. The van der Waals surface area contributed by atoms with Crippen LogP contribution in [-0.2, 0) is 14.3 Å². The van der Waals surface area contributed by atoms with Gasteiger partial charge in [-0.15, -0.1) is 0 Å². The number of hydrogen-bond acceptors (Lipinski definition) is 10. The van der Waals surface area contributed by atoms with Crippen LogP contribution in [0.4, 0.5) is 33.8 Å². The summed E-state index contributed by atoms with van der Waals surface area (Å²) < 4.78 is 11.7. The number of fused-ring (bicyclic) bond motifs is 4. The van der Waals surface area contributed by atoms with E-state index < -0.39 is 0 Å². The zero-order valence-electron chi connectivity index (χ0n) is 26.4. The summed E-state index contributed by atoms with van der Waals surface area (Å²) in [6.07, 6.45) is 6.59. The smallest absolute Gasteiger partial charge is 0.323 e. The monoisotopic (exact) mass is 639 g/mol. The predicted octanol–water partition coefficient (Wildman–Crippen LogP) is 3.95. The van der Waals surface area contributed by atoms with E-state index in [9.17, 15) is 9.59 Å². The van der Waals surface area contributed by atoms with Crippen molar-refractivity contribution in [2.75, 3.05) is 71.8 Å². The lowest BCUT2D eigenvalue weighted by Crippen LogP contribution is -2.48. The summed E-state index contributed by atoms with van der Waals surface area (Å²) in [5, 5.41) is 8.68. The second-order valence-electron chi connectivity index (χ2n) is 13.2. The van der Waals surface area contributed by atoms with Gasteiger partial charge in [-0.1, -0.05) is 0 Å². The van der Waals surface area contributed by atoms with Crippen LogP contribution < -0.4 is 25.8 Å². The highest BCUT2D eigenvalue weighted by Crippen LogP contribution is 2.37. The molecule has 3 amide bonds. The van der Waals surface area contributed by atoms with Gasteiger partial charge in [0.2, 0.25) is 17.8 Å². The molecule has 13 heteroatoms. The standard InChI is InChI=1S/C34H41N9O4/c44-30(17-41-15-1-2-16-41)35-23-7-9-25(10-8-23)37-34(45)36-24-5-3-22(4-6-24)31-38-32(42-26-11-12-27(42)19-46-18-26)40-33(39-31)43-28-13-14-29(43)21-47-20-28/h3-10,26-29H,1-2,11-21H2,(H,35,44)(H2,36,37,45). The molecule has 3 aromatic rings. The molecule has 5 aliphatic heterocycles. The molecule has 5 fully saturated rings. The summed E-state index contributed by atoms with van der Waals surface area (Å²) in [7, 11) is 0. The lowest BCUT2D eigenvalue weighted by molar-refractivity contribution is -0.117. The molecule has 47 heavy (non-hydrogen) atoms. The number of likely N-dealkylation sites (tertiary alicyclic amines) is 1. The van der Waals surface area contributed by atoms with Crippen LogP contribution in [-0.4, -0.2) is 102 Å². The van der Waals surface area contributed by atoms with Crippen molar-refractivity contribution in [3.63, 3.8) is 0 Å². The van der Waals surface area contributed by atoms with Crippen LogP contribution in [0.15, 0.2) is 48.5 Å². The fourth-order valence-corrected chi connectivity index (χ4v) is 7.60. The number of amides is 3. The first-order valence-electron chi connectivity index (χ1n) is 16.8. The van der Waals surface area contributed by atoms with Gasteiger partial charge in [0.25, 0.3) is 0 Å². The van der Waals surface area contributed by atoms with Gasteiger partial charge in [0.1, 0.15) is 0 Å². The molecule has 4 unspecified atom stereocenters. The van der Waals surface area contributed by atoms with Gasteiger partial charge in [-0.2, -0.15) is 15.0 Å². The number of urea groups is 1. The molecule has 6 heterocycles. The van der Waals surface area contributed by atoms with E-state index in [0.29, 0.717) is 67.8 Å². The number of hydrogen-bond donors (Lipinski definition) is 3. The summed E-state index contributed by atoms with van der Waals surface area (Å²) in [4.78, 5) is 47.0. The Bertz CT molecular complexity index is 1520. The molecule has 5 saturated heterocycles. The van der Waals surface area contributed by atoms with Crippen LogP contribution in [0.25, 0.3) is 11.4 Å². The molecule has 246 valence electrons. The van der Waals surface area contributed by atoms with Crippen molar-refractivity contribution in [2.24, 2.45) is 0 Å². The predicted molar refractivity (Wildman–Crippen MR) is 179 cm³/mol. The highest BCUT2D eigenvalue weighted by atomic mass is 16.5. The lowest BCUT2D eigenvalue weighted by Gasteiger charge is -2.37.